The zero-order valence-corrected chi connectivity index (χ0v) is 19.1. The molecule has 2 amide bonds. The number of non-ortho nitro benzene ring substituents is 1. The summed E-state index contributed by atoms with van der Waals surface area (Å²) in [5.41, 5.74) is 2.64. The summed E-state index contributed by atoms with van der Waals surface area (Å²) >= 11 is 0.929. The van der Waals surface area contributed by atoms with Crippen molar-refractivity contribution < 1.29 is 19.2 Å². The minimum Gasteiger partial charge on any atom is -0.488 e. The third-order valence-electron chi connectivity index (χ3n) is 5.31. The van der Waals surface area contributed by atoms with Gasteiger partial charge in [-0.05, 0) is 60.0 Å². The molecule has 0 spiro atoms. The highest BCUT2D eigenvalue weighted by Gasteiger charge is 2.34. The molecule has 0 aromatic heterocycles. The molecular formula is C26H22N2O5S. The fourth-order valence-electron chi connectivity index (χ4n) is 3.53. The van der Waals surface area contributed by atoms with Crippen molar-refractivity contribution in [3.05, 3.63) is 111 Å². The maximum absolute atomic E-state index is 12.9. The van der Waals surface area contributed by atoms with Crippen LogP contribution in [0.4, 0.5) is 10.5 Å². The van der Waals surface area contributed by atoms with Crippen LogP contribution in [0.25, 0.3) is 6.08 Å². The van der Waals surface area contributed by atoms with Crippen molar-refractivity contribution in [3.8, 4) is 5.75 Å². The summed E-state index contributed by atoms with van der Waals surface area (Å²) in [7, 11) is 0. The normalized spacial score (nSPS) is 14.6. The number of thioether (sulfide) groups is 1. The van der Waals surface area contributed by atoms with Crippen molar-refractivity contribution in [3.63, 3.8) is 0 Å². The van der Waals surface area contributed by atoms with E-state index in [9.17, 15) is 19.7 Å². The summed E-state index contributed by atoms with van der Waals surface area (Å²) in [5, 5.41) is 10.5. The van der Waals surface area contributed by atoms with Gasteiger partial charge in [-0.1, -0.05) is 48.5 Å². The number of hydrogen-bond acceptors (Lipinski definition) is 6. The zero-order chi connectivity index (χ0) is 23.9. The van der Waals surface area contributed by atoms with Crippen LogP contribution in [0.15, 0.2) is 83.8 Å². The Hall–Kier alpha value is -3.91. The maximum atomic E-state index is 12.9. The van der Waals surface area contributed by atoms with E-state index in [0.29, 0.717) is 29.2 Å². The first-order valence-corrected chi connectivity index (χ1v) is 11.6. The van der Waals surface area contributed by atoms with E-state index in [-0.39, 0.29) is 23.4 Å². The number of carbonyl (C=O) groups excluding carboxylic acids is 2. The van der Waals surface area contributed by atoms with E-state index in [1.807, 2.05) is 48.5 Å². The Morgan fingerprint density at radius 3 is 2.35 bits per heavy atom. The number of hydrogen-bond donors (Lipinski definition) is 0. The lowest BCUT2D eigenvalue weighted by Gasteiger charge is -2.12. The van der Waals surface area contributed by atoms with E-state index < -0.39 is 4.92 Å². The molecule has 0 saturated carbocycles. The second kappa shape index (κ2) is 10.8. The molecule has 0 bridgehead atoms. The van der Waals surface area contributed by atoms with Gasteiger partial charge in [-0.15, -0.1) is 0 Å². The summed E-state index contributed by atoms with van der Waals surface area (Å²) in [6, 6.07) is 23.3. The fraction of sp³-hybridized carbons (Fsp3) is 0.154. The van der Waals surface area contributed by atoms with Crippen molar-refractivity contribution in [2.24, 2.45) is 0 Å². The van der Waals surface area contributed by atoms with E-state index in [0.717, 1.165) is 23.7 Å². The molecule has 34 heavy (non-hydrogen) atoms. The minimum atomic E-state index is -0.450. The van der Waals surface area contributed by atoms with Gasteiger partial charge >= 0.3 is 0 Å². The second-order valence-electron chi connectivity index (χ2n) is 7.67. The van der Waals surface area contributed by atoms with E-state index in [2.05, 4.69) is 0 Å². The average Bonchev–Trinajstić information content (AvgIpc) is 3.12. The molecule has 1 saturated heterocycles. The fourth-order valence-corrected chi connectivity index (χ4v) is 4.38. The van der Waals surface area contributed by atoms with Gasteiger partial charge in [0.1, 0.15) is 12.4 Å². The summed E-state index contributed by atoms with van der Waals surface area (Å²) < 4.78 is 5.90. The molecule has 0 unspecified atom stereocenters. The van der Waals surface area contributed by atoms with Crippen molar-refractivity contribution in [2.45, 2.75) is 19.4 Å². The Labute approximate surface area is 201 Å². The van der Waals surface area contributed by atoms with Gasteiger partial charge in [0, 0.05) is 24.2 Å². The molecule has 1 aliphatic heterocycles. The quantitative estimate of drug-likeness (QED) is 0.220. The Morgan fingerprint density at radius 2 is 1.62 bits per heavy atom. The van der Waals surface area contributed by atoms with Crippen LogP contribution in [0.2, 0.25) is 0 Å². The third-order valence-corrected chi connectivity index (χ3v) is 6.22. The van der Waals surface area contributed by atoms with Crippen LogP contribution in [0.3, 0.4) is 0 Å². The number of amides is 2. The van der Waals surface area contributed by atoms with Crippen LogP contribution in [0.1, 0.15) is 23.1 Å². The average molecular weight is 475 g/mol. The monoisotopic (exact) mass is 474 g/mol. The third kappa shape index (κ3) is 5.71. The Bertz CT molecular complexity index is 1230. The molecule has 8 heteroatoms. The molecule has 7 nitrogen and oxygen atoms in total. The number of nitrogens with zero attached hydrogens (tertiary/aromatic N) is 2. The highest BCUT2D eigenvalue weighted by molar-refractivity contribution is 8.18. The lowest BCUT2D eigenvalue weighted by molar-refractivity contribution is -0.384. The van der Waals surface area contributed by atoms with Crippen LogP contribution in [-0.2, 0) is 17.8 Å². The smallest absolute Gasteiger partial charge is 0.293 e. The predicted molar refractivity (Wildman–Crippen MR) is 131 cm³/mol. The number of nitro benzene ring substituents is 1. The van der Waals surface area contributed by atoms with E-state index >= 15 is 0 Å². The molecule has 1 fully saturated rings. The van der Waals surface area contributed by atoms with Crippen molar-refractivity contribution in [1.29, 1.82) is 0 Å². The Morgan fingerprint density at radius 1 is 0.912 bits per heavy atom. The number of aryl methyl sites for hydroxylation is 1. The maximum Gasteiger partial charge on any atom is 0.293 e. The summed E-state index contributed by atoms with van der Waals surface area (Å²) in [4.78, 5) is 37.3. The van der Waals surface area contributed by atoms with Crippen LogP contribution in [-0.4, -0.2) is 27.5 Å². The summed E-state index contributed by atoms with van der Waals surface area (Å²) in [6.45, 7) is 0.582. The zero-order valence-electron chi connectivity index (χ0n) is 18.3. The molecule has 0 atom stereocenters. The molecule has 1 heterocycles. The molecule has 0 N–H and O–H groups in total. The number of carbonyl (C=O) groups is 2. The number of para-hydroxylation sites is 1. The highest BCUT2D eigenvalue weighted by atomic mass is 32.2. The van der Waals surface area contributed by atoms with Crippen molar-refractivity contribution in [1.82, 2.24) is 4.90 Å². The summed E-state index contributed by atoms with van der Waals surface area (Å²) in [5.74, 6) is 0.255. The lowest BCUT2D eigenvalue weighted by atomic mass is 10.1. The predicted octanol–water partition coefficient (Wildman–Crippen LogP) is 5.84. The molecule has 0 aliphatic carbocycles. The minimum absolute atomic E-state index is 0.0173. The molecule has 3 aromatic rings. The van der Waals surface area contributed by atoms with Crippen LogP contribution in [0, 0.1) is 10.1 Å². The van der Waals surface area contributed by atoms with Crippen LogP contribution < -0.4 is 4.74 Å². The van der Waals surface area contributed by atoms with Gasteiger partial charge in [0.25, 0.3) is 16.8 Å². The van der Waals surface area contributed by atoms with Crippen molar-refractivity contribution in [2.75, 3.05) is 6.54 Å². The first-order chi connectivity index (χ1) is 16.5. The van der Waals surface area contributed by atoms with Gasteiger partial charge in [-0.2, -0.15) is 0 Å². The Kier molecular flexibility index (Phi) is 7.39. The van der Waals surface area contributed by atoms with Gasteiger partial charge in [-0.3, -0.25) is 24.6 Å². The largest absolute Gasteiger partial charge is 0.488 e. The van der Waals surface area contributed by atoms with Crippen molar-refractivity contribution >= 4 is 34.7 Å². The number of ether oxygens (including phenoxy) is 1. The van der Waals surface area contributed by atoms with Gasteiger partial charge in [0.15, 0.2) is 0 Å². The number of nitro groups is 1. The standard InChI is InChI=1S/C26H22N2O5S/c29-25-24(34-26(30)27(25)16-6-9-19-7-2-1-3-8-19)17-21-10-4-5-11-23(21)33-18-20-12-14-22(15-13-20)28(31)32/h1-5,7-8,10-15,17H,6,9,16,18H2/b24-17+. The molecule has 0 radical (unpaired) electrons. The first-order valence-electron chi connectivity index (χ1n) is 10.8. The van der Waals surface area contributed by atoms with Gasteiger partial charge in [0.05, 0.1) is 9.83 Å². The van der Waals surface area contributed by atoms with Gasteiger partial charge < -0.3 is 4.74 Å². The first kappa shape index (κ1) is 23.3. The highest BCUT2D eigenvalue weighted by Crippen LogP contribution is 2.34. The topological polar surface area (TPSA) is 89.7 Å². The van der Waals surface area contributed by atoms with E-state index in [1.165, 1.54) is 22.6 Å². The molecule has 1 aliphatic rings. The van der Waals surface area contributed by atoms with Gasteiger partial charge in [-0.25, -0.2) is 0 Å². The van der Waals surface area contributed by atoms with Gasteiger partial charge in [0.2, 0.25) is 0 Å². The van der Waals surface area contributed by atoms with E-state index in [4.69, 9.17) is 4.74 Å². The molecule has 3 aromatic carbocycles. The van der Waals surface area contributed by atoms with E-state index in [1.54, 1.807) is 24.3 Å². The SMILES string of the molecule is O=C1S/C(=C/c2ccccc2OCc2ccc([N+](=O)[O-])cc2)C(=O)N1CCCc1ccccc1. The summed E-state index contributed by atoms with van der Waals surface area (Å²) in [6.07, 6.45) is 3.17. The number of benzene rings is 3. The van der Waals surface area contributed by atoms with Crippen LogP contribution in [0.5, 0.6) is 5.75 Å². The number of imide groups is 1. The Balaban J connectivity index is 1.40. The second-order valence-corrected chi connectivity index (χ2v) is 8.67. The number of rotatable bonds is 9. The van der Waals surface area contributed by atoms with Crippen LogP contribution >= 0.6 is 11.8 Å². The molecule has 172 valence electrons. The molecular weight excluding hydrogens is 452 g/mol. The molecule has 4 rings (SSSR count). The lowest BCUT2D eigenvalue weighted by Crippen LogP contribution is -2.29.